The van der Waals surface area contributed by atoms with Gasteiger partial charge in [-0.3, -0.25) is 10.1 Å². The lowest BCUT2D eigenvalue weighted by Gasteiger charge is -2.09. The topological polar surface area (TPSA) is 56.0 Å². The van der Waals surface area contributed by atoms with Crippen LogP contribution in [0.4, 0.5) is 5.69 Å². The molecule has 4 nitrogen and oxygen atoms in total. The number of hydrogen-bond donors (Lipinski definition) is 0. The predicted octanol–water partition coefficient (Wildman–Crippen LogP) is 3.92. The van der Waals surface area contributed by atoms with Gasteiger partial charge < -0.3 is 0 Å². The van der Waals surface area contributed by atoms with Gasteiger partial charge in [-0.05, 0) is 24.0 Å². The molecule has 1 aromatic heterocycles. The monoisotopic (exact) mass is 264 g/mol. The second-order valence-electron chi connectivity index (χ2n) is 4.03. The van der Waals surface area contributed by atoms with E-state index in [2.05, 4.69) is 4.98 Å². The van der Waals surface area contributed by atoms with Crippen molar-refractivity contribution in [2.75, 3.05) is 0 Å². The fraction of sp³-hybridized carbons (Fsp3) is 0.308. The number of rotatable bonds is 3. The number of pyridine rings is 1. The molecular weight excluding hydrogens is 252 g/mol. The van der Waals surface area contributed by atoms with Gasteiger partial charge >= 0.3 is 5.69 Å². The van der Waals surface area contributed by atoms with Crippen molar-refractivity contribution in [3.63, 3.8) is 0 Å². The van der Waals surface area contributed by atoms with Crippen molar-refractivity contribution in [1.29, 1.82) is 0 Å². The molecule has 1 heterocycles. The van der Waals surface area contributed by atoms with E-state index in [1.807, 2.05) is 26.0 Å². The molecule has 0 aliphatic heterocycles. The van der Waals surface area contributed by atoms with Crippen LogP contribution in [0.3, 0.4) is 0 Å². The van der Waals surface area contributed by atoms with E-state index in [4.69, 9.17) is 11.6 Å². The summed E-state index contributed by atoms with van der Waals surface area (Å²) < 4.78 is 0. The highest BCUT2D eigenvalue weighted by atomic mass is 35.5. The number of nitro groups is 1. The third kappa shape index (κ3) is 1.93. The SMILES string of the molecule is CCc1ccc(CC)c2c(Cl)c([N+](=O)[O-])cnc12. The van der Waals surface area contributed by atoms with E-state index in [9.17, 15) is 10.1 Å². The van der Waals surface area contributed by atoms with Gasteiger partial charge in [-0.25, -0.2) is 4.98 Å². The van der Waals surface area contributed by atoms with Crippen LogP contribution in [0.5, 0.6) is 0 Å². The Hall–Kier alpha value is -1.68. The first kappa shape index (κ1) is 12.8. The maximum Gasteiger partial charge on any atom is 0.306 e. The van der Waals surface area contributed by atoms with Crippen LogP contribution in [0.15, 0.2) is 18.3 Å². The average molecular weight is 265 g/mol. The summed E-state index contributed by atoms with van der Waals surface area (Å²) in [5.41, 5.74) is 2.68. The molecular formula is C13H13ClN2O2. The molecule has 0 aliphatic rings. The van der Waals surface area contributed by atoms with Gasteiger partial charge in [0.1, 0.15) is 11.2 Å². The first-order valence-corrected chi connectivity index (χ1v) is 6.21. The molecule has 0 radical (unpaired) electrons. The zero-order valence-corrected chi connectivity index (χ0v) is 11.0. The molecule has 0 atom stereocenters. The predicted molar refractivity (Wildman–Crippen MR) is 72.2 cm³/mol. The second-order valence-corrected chi connectivity index (χ2v) is 4.41. The van der Waals surface area contributed by atoms with Crippen LogP contribution >= 0.6 is 11.6 Å². The number of halogens is 1. The van der Waals surface area contributed by atoms with Crippen molar-refractivity contribution in [2.45, 2.75) is 26.7 Å². The zero-order valence-electron chi connectivity index (χ0n) is 10.2. The Morgan fingerprint density at radius 1 is 1.28 bits per heavy atom. The fourth-order valence-electron chi connectivity index (χ4n) is 2.09. The minimum absolute atomic E-state index is 0.132. The summed E-state index contributed by atoms with van der Waals surface area (Å²) in [6.07, 6.45) is 2.83. The van der Waals surface area contributed by atoms with Crippen LogP contribution in [-0.4, -0.2) is 9.91 Å². The van der Waals surface area contributed by atoms with Crippen LogP contribution in [0.1, 0.15) is 25.0 Å². The zero-order chi connectivity index (χ0) is 13.3. The van der Waals surface area contributed by atoms with E-state index in [-0.39, 0.29) is 10.7 Å². The van der Waals surface area contributed by atoms with Gasteiger partial charge in [0.25, 0.3) is 0 Å². The van der Waals surface area contributed by atoms with Gasteiger partial charge in [-0.1, -0.05) is 37.6 Å². The fourth-order valence-corrected chi connectivity index (χ4v) is 2.41. The number of aromatic nitrogens is 1. The van der Waals surface area contributed by atoms with Gasteiger partial charge in [0.05, 0.1) is 10.4 Å². The molecule has 0 spiro atoms. The Morgan fingerprint density at radius 2 is 1.89 bits per heavy atom. The first-order chi connectivity index (χ1) is 8.60. The van der Waals surface area contributed by atoms with Gasteiger partial charge in [0, 0.05) is 5.39 Å². The van der Waals surface area contributed by atoms with Crippen molar-refractivity contribution in [1.82, 2.24) is 4.98 Å². The smallest absolute Gasteiger partial charge is 0.258 e. The molecule has 0 unspecified atom stereocenters. The lowest BCUT2D eigenvalue weighted by atomic mass is 10.0. The quantitative estimate of drug-likeness (QED) is 0.624. The summed E-state index contributed by atoms with van der Waals surface area (Å²) in [6, 6.07) is 3.98. The highest BCUT2D eigenvalue weighted by Crippen LogP contribution is 2.35. The molecule has 0 bridgehead atoms. The van der Waals surface area contributed by atoms with Crippen molar-refractivity contribution in [3.05, 3.63) is 44.6 Å². The summed E-state index contributed by atoms with van der Waals surface area (Å²) >= 11 is 6.17. The van der Waals surface area contributed by atoms with Crippen molar-refractivity contribution in [2.24, 2.45) is 0 Å². The van der Waals surface area contributed by atoms with Gasteiger partial charge in [-0.15, -0.1) is 0 Å². The standard InChI is InChI=1S/C13H13ClN2O2/c1-3-8-5-6-9(4-2)13-11(8)12(14)10(7-15-13)16(17)18/h5-7H,3-4H2,1-2H3. The highest BCUT2D eigenvalue weighted by molar-refractivity contribution is 6.37. The molecule has 0 saturated carbocycles. The summed E-state index contributed by atoms with van der Waals surface area (Å²) in [7, 11) is 0. The molecule has 1 aromatic carbocycles. The number of nitrogens with zero attached hydrogens (tertiary/aromatic N) is 2. The minimum atomic E-state index is -0.493. The molecule has 0 N–H and O–H groups in total. The summed E-state index contributed by atoms with van der Waals surface area (Å²) in [4.78, 5) is 14.6. The van der Waals surface area contributed by atoms with Crippen molar-refractivity contribution in [3.8, 4) is 0 Å². The lowest BCUT2D eigenvalue weighted by molar-refractivity contribution is -0.384. The molecule has 0 aliphatic carbocycles. The van der Waals surface area contributed by atoms with E-state index >= 15 is 0 Å². The summed E-state index contributed by atoms with van der Waals surface area (Å²) in [5.74, 6) is 0. The molecule has 18 heavy (non-hydrogen) atoms. The molecule has 0 fully saturated rings. The molecule has 0 amide bonds. The number of hydrogen-bond acceptors (Lipinski definition) is 3. The van der Waals surface area contributed by atoms with Crippen LogP contribution in [0.2, 0.25) is 5.02 Å². The molecule has 5 heteroatoms. The van der Waals surface area contributed by atoms with E-state index in [1.54, 1.807) is 0 Å². The lowest BCUT2D eigenvalue weighted by Crippen LogP contribution is -1.97. The maximum absolute atomic E-state index is 10.9. The number of aryl methyl sites for hydroxylation is 2. The second kappa shape index (κ2) is 4.90. The van der Waals surface area contributed by atoms with Gasteiger partial charge in [-0.2, -0.15) is 0 Å². The van der Waals surface area contributed by atoms with E-state index in [0.717, 1.165) is 29.5 Å². The summed E-state index contributed by atoms with van der Waals surface area (Å²) in [6.45, 7) is 4.02. The Balaban J connectivity index is 2.89. The molecule has 2 aromatic rings. The van der Waals surface area contributed by atoms with Crippen LogP contribution in [-0.2, 0) is 12.8 Å². The molecule has 0 saturated heterocycles. The number of fused-ring (bicyclic) bond motifs is 1. The van der Waals surface area contributed by atoms with Crippen LogP contribution < -0.4 is 0 Å². The highest BCUT2D eigenvalue weighted by Gasteiger charge is 2.19. The van der Waals surface area contributed by atoms with Crippen molar-refractivity contribution < 1.29 is 4.92 Å². The Morgan fingerprint density at radius 3 is 2.44 bits per heavy atom. The largest absolute Gasteiger partial charge is 0.306 e. The van der Waals surface area contributed by atoms with E-state index < -0.39 is 4.92 Å². The van der Waals surface area contributed by atoms with E-state index in [0.29, 0.717) is 5.39 Å². The maximum atomic E-state index is 10.9. The van der Waals surface area contributed by atoms with Crippen LogP contribution in [0.25, 0.3) is 10.9 Å². The third-order valence-electron chi connectivity index (χ3n) is 3.07. The first-order valence-electron chi connectivity index (χ1n) is 5.83. The minimum Gasteiger partial charge on any atom is -0.258 e. The number of benzene rings is 1. The molecule has 94 valence electrons. The van der Waals surface area contributed by atoms with E-state index in [1.165, 1.54) is 6.20 Å². The molecule has 2 rings (SSSR count). The Labute approximate surface area is 110 Å². The normalized spacial score (nSPS) is 10.8. The van der Waals surface area contributed by atoms with Crippen molar-refractivity contribution >= 4 is 28.2 Å². The van der Waals surface area contributed by atoms with Gasteiger partial charge in [0.2, 0.25) is 0 Å². The summed E-state index contributed by atoms with van der Waals surface area (Å²) in [5, 5.41) is 11.8. The Bertz CT molecular complexity index is 626. The van der Waals surface area contributed by atoms with Gasteiger partial charge in [0.15, 0.2) is 0 Å². The van der Waals surface area contributed by atoms with Crippen LogP contribution in [0, 0.1) is 10.1 Å². The Kier molecular flexibility index (Phi) is 3.48. The third-order valence-corrected chi connectivity index (χ3v) is 3.45. The average Bonchev–Trinajstić information content (AvgIpc) is 2.37.